The number of carbonyl (C=O) groups excluding carboxylic acids is 2. The van der Waals surface area contributed by atoms with Gasteiger partial charge in [-0.2, -0.15) is 0 Å². The van der Waals surface area contributed by atoms with Crippen LogP contribution in [0.1, 0.15) is 41.5 Å². The molecule has 0 aromatic heterocycles. The third kappa shape index (κ3) is 4.84. The molecule has 1 aliphatic rings. The Bertz CT molecular complexity index is 425. The molecule has 1 rings (SSSR count). The molecule has 1 fully saturated rings. The molecular weight excluding hydrogens is 288 g/mol. The number of carbonyl (C=O) groups is 2. The first-order chi connectivity index (χ1) is 9.85. The van der Waals surface area contributed by atoms with Crippen LogP contribution in [-0.2, 0) is 14.3 Å². The smallest absolute Gasteiger partial charge is 0.410 e. The van der Waals surface area contributed by atoms with Gasteiger partial charge in [0.15, 0.2) is 0 Å². The van der Waals surface area contributed by atoms with Gasteiger partial charge in [-0.3, -0.25) is 4.79 Å². The Balaban J connectivity index is 2.86. The topological polar surface area (TPSA) is 102 Å². The Morgan fingerprint density at radius 3 is 2.05 bits per heavy atom. The lowest BCUT2D eigenvalue weighted by Gasteiger charge is -2.28. The summed E-state index contributed by atoms with van der Waals surface area (Å²) in [4.78, 5) is 25.7. The zero-order chi connectivity index (χ0) is 17.3. The number of amides is 1. The van der Waals surface area contributed by atoms with Crippen molar-refractivity contribution in [2.75, 3.05) is 13.1 Å². The van der Waals surface area contributed by atoms with Gasteiger partial charge in [0.2, 0.25) is 0 Å². The molecule has 3 N–H and O–H groups in total. The first kappa shape index (κ1) is 18.7. The summed E-state index contributed by atoms with van der Waals surface area (Å²) in [7, 11) is 0. The lowest BCUT2D eigenvalue weighted by Crippen LogP contribution is -2.46. The minimum absolute atomic E-state index is 0.0346. The molecule has 0 unspecified atom stereocenters. The van der Waals surface area contributed by atoms with E-state index in [1.54, 1.807) is 41.5 Å². The van der Waals surface area contributed by atoms with Gasteiger partial charge in [-0.15, -0.1) is 0 Å². The fourth-order valence-corrected chi connectivity index (χ4v) is 2.30. The van der Waals surface area contributed by atoms with E-state index in [-0.39, 0.29) is 13.1 Å². The summed E-state index contributed by atoms with van der Waals surface area (Å²) in [5, 5.41) is 10.3. The lowest BCUT2D eigenvalue weighted by molar-refractivity contribution is -0.162. The van der Waals surface area contributed by atoms with Crippen molar-refractivity contribution in [3.05, 3.63) is 0 Å². The van der Waals surface area contributed by atoms with Crippen molar-refractivity contribution in [1.82, 2.24) is 4.90 Å². The van der Waals surface area contributed by atoms with Gasteiger partial charge in [0, 0.05) is 13.1 Å². The molecule has 1 amide bonds. The zero-order valence-corrected chi connectivity index (χ0v) is 14.3. The van der Waals surface area contributed by atoms with Gasteiger partial charge in [-0.05, 0) is 41.5 Å². The third-order valence-corrected chi connectivity index (χ3v) is 3.18. The molecule has 0 aliphatic carbocycles. The molecule has 1 aliphatic heterocycles. The van der Waals surface area contributed by atoms with Crippen molar-refractivity contribution >= 4 is 12.1 Å². The molecule has 0 spiro atoms. The van der Waals surface area contributed by atoms with Crippen molar-refractivity contribution in [2.45, 2.75) is 64.9 Å². The first-order valence-corrected chi connectivity index (χ1v) is 7.46. The summed E-state index contributed by atoms with van der Waals surface area (Å²) in [6, 6.07) is -0.660. The van der Waals surface area contributed by atoms with Gasteiger partial charge in [-0.1, -0.05) is 0 Å². The van der Waals surface area contributed by atoms with Gasteiger partial charge in [0.1, 0.15) is 17.1 Å². The minimum atomic E-state index is -1.06. The fourth-order valence-electron chi connectivity index (χ4n) is 2.30. The van der Waals surface area contributed by atoms with E-state index in [0.29, 0.717) is 0 Å². The Hall–Kier alpha value is -1.34. The summed E-state index contributed by atoms with van der Waals surface area (Å²) >= 11 is 0. The lowest BCUT2D eigenvalue weighted by atomic mass is 10.0. The monoisotopic (exact) mass is 316 g/mol. The molecule has 7 heteroatoms. The van der Waals surface area contributed by atoms with Crippen LogP contribution in [0.2, 0.25) is 0 Å². The largest absolute Gasteiger partial charge is 0.460 e. The Morgan fingerprint density at radius 2 is 1.64 bits per heavy atom. The Morgan fingerprint density at radius 1 is 1.14 bits per heavy atom. The highest BCUT2D eigenvalue weighted by atomic mass is 16.6. The molecule has 0 aromatic carbocycles. The van der Waals surface area contributed by atoms with Crippen molar-refractivity contribution in [2.24, 2.45) is 11.7 Å². The van der Waals surface area contributed by atoms with Crippen molar-refractivity contribution in [3.8, 4) is 0 Å². The molecule has 3 atom stereocenters. The van der Waals surface area contributed by atoms with E-state index in [0.717, 1.165) is 0 Å². The SMILES string of the molecule is CC(C)(C)OC(=O)[C@@H]1CN(C(=O)OC(C)(C)C)[C@@H](CN)[C@H]1O. The van der Waals surface area contributed by atoms with Crippen LogP contribution in [0, 0.1) is 5.92 Å². The third-order valence-electron chi connectivity index (χ3n) is 3.18. The average molecular weight is 316 g/mol. The quantitative estimate of drug-likeness (QED) is 0.733. The average Bonchev–Trinajstić information content (AvgIpc) is 2.61. The van der Waals surface area contributed by atoms with Crippen LogP contribution in [0.25, 0.3) is 0 Å². The Kier molecular flexibility index (Phi) is 5.46. The predicted molar refractivity (Wildman–Crippen MR) is 81.1 cm³/mol. The summed E-state index contributed by atoms with van der Waals surface area (Å²) in [5.74, 6) is -1.36. The van der Waals surface area contributed by atoms with Crippen molar-refractivity contribution in [3.63, 3.8) is 0 Å². The van der Waals surface area contributed by atoms with Crippen LogP contribution in [0.15, 0.2) is 0 Å². The maximum atomic E-state index is 12.2. The number of hydrogen-bond donors (Lipinski definition) is 2. The van der Waals surface area contributed by atoms with Crippen LogP contribution in [0.5, 0.6) is 0 Å². The van der Waals surface area contributed by atoms with Crippen LogP contribution >= 0.6 is 0 Å². The first-order valence-electron chi connectivity index (χ1n) is 7.46. The normalized spacial score (nSPS) is 26.0. The van der Waals surface area contributed by atoms with Gasteiger partial charge in [0.05, 0.1) is 12.1 Å². The Labute approximate surface area is 131 Å². The zero-order valence-electron chi connectivity index (χ0n) is 14.3. The van der Waals surface area contributed by atoms with Crippen molar-refractivity contribution in [1.29, 1.82) is 0 Å². The fraction of sp³-hybridized carbons (Fsp3) is 0.867. The highest BCUT2D eigenvalue weighted by molar-refractivity contribution is 5.77. The van der Waals surface area contributed by atoms with E-state index >= 15 is 0 Å². The summed E-state index contributed by atoms with van der Waals surface area (Å²) in [6.45, 7) is 10.6. The van der Waals surface area contributed by atoms with E-state index in [1.807, 2.05) is 0 Å². The van der Waals surface area contributed by atoms with Gasteiger partial charge < -0.3 is 25.2 Å². The maximum Gasteiger partial charge on any atom is 0.410 e. The number of esters is 1. The minimum Gasteiger partial charge on any atom is -0.460 e. The molecule has 0 bridgehead atoms. The number of nitrogens with two attached hydrogens (primary N) is 1. The number of rotatable bonds is 2. The van der Waals surface area contributed by atoms with Crippen LogP contribution in [-0.4, -0.2) is 58.5 Å². The van der Waals surface area contributed by atoms with E-state index in [2.05, 4.69) is 0 Å². The second-order valence-electron chi connectivity index (χ2n) is 7.57. The van der Waals surface area contributed by atoms with Crippen LogP contribution < -0.4 is 5.73 Å². The van der Waals surface area contributed by atoms with Gasteiger partial charge in [0.25, 0.3) is 0 Å². The van der Waals surface area contributed by atoms with Gasteiger partial charge in [-0.25, -0.2) is 4.79 Å². The van der Waals surface area contributed by atoms with E-state index < -0.39 is 41.3 Å². The molecule has 0 saturated carbocycles. The summed E-state index contributed by atoms with van der Waals surface area (Å²) < 4.78 is 10.6. The van der Waals surface area contributed by atoms with E-state index in [4.69, 9.17) is 15.2 Å². The van der Waals surface area contributed by atoms with E-state index in [1.165, 1.54) is 4.90 Å². The predicted octanol–water partition coefficient (Wildman–Crippen LogP) is 0.883. The number of ether oxygens (including phenoxy) is 2. The molecule has 0 radical (unpaired) electrons. The summed E-state index contributed by atoms with van der Waals surface area (Å²) in [5.41, 5.74) is 4.32. The second-order valence-corrected chi connectivity index (χ2v) is 7.57. The molecule has 1 heterocycles. The maximum absolute atomic E-state index is 12.2. The highest BCUT2D eigenvalue weighted by Crippen LogP contribution is 2.27. The number of aliphatic hydroxyl groups is 1. The number of likely N-dealkylation sites (tertiary alicyclic amines) is 1. The molecule has 1 saturated heterocycles. The summed E-state index contributed by atoms with van der Waals surface area (Å²) in [6.07, 6.45) is -1.65. The van der Waals surface area contributed by atoms with Crippen LogP contribution in [0.3, 0.4) is 0 Å². The molecule has 22 heavy (non-hydrogen) atoms. The number of nitrogens with zero attached hydrogens (tertiary/aromatic N) is 1. The molecule has 128 valence electrons. The van der Waals surface area contributed by atoms with Gasteiger partial charge >= 0.3 is 12.1 Å². The number of hydrogen-bond acceptors (Lipinski definition) is 6. The highest BCUT2D eigenvalue weighted by Gasteiger charge is 2.48. The molecule has 0 aromatic rings. The standard InChI is InChI=1S/C15H28N2O5/c1-14(2,3)21-12(19)9-8-17(10(7-16)11(9)18)13(20)22-15(4,5)6/h9-11,18H,7-8,16H2,1-6H3/t9-,10+,11+/m1/s1. The van der Waals surface area contributed by atoms with Crippen LogP contribution in [0.4, 0.5) is 4.79 Å². The molecular formula is C15H28N2O5. The van der Waals surface area contributed by atoms with E-state index in [9.17, 15) is 14.7 Å². The van der Waals surface area contributed by atoms with Crippen molar-refractivity contribution < 1.29 is 24.2 Å². The number of aliphatic hydroxyl groups excluding tert-OH is 1. The second kappa shape index (κ2) is 6.42. The molecule has 7 nitrogen and oxygen atoms in total.